The molecule has 0 fully saturated rings. The van der Waals surface area contributed by atoms with E-state index < -0.39 is 6.10 Å². The van der Waals surface area contributed by atoms with Crippen LogP contribution in [0.4, 0.5) is 11.4 Å². The Labute approximate surface area is 107 Å². The first-order chi connectivity index (χ1) is 8.11. The molecule has 1 aliphatic rings. The van der Waals surface area contributed by atoms with Crippen molar-refractivity contribution in [3.8, 4) is 0 Å². The number of carbonyl (C=O) groups excluding carboxylic acids is 1. The molecule has 17 heavy (non-hydrogen) atoms. The molecule has 1 atom stereocenters. The van der Waals surface area contributed by atoms with Gasteiger partial charge < -0.3 is 20.4 Å². The van der Waals surface area contributed by atoms with Crippen molar-refractivity contribution in [2.45, 2.75) is 6.10 Å². The van der Waals surface area contributed by atoms with Crippen molar-refractivity contribution in [1.82, 2.24) is 0 Å². The van der Waals surface area contributed by atoms with Gasteiger partial charge in [-0.05, 0) is 18.2 Å². The van der Waals surface area contributed by atoms with Gasteiger partial charge in [-0.2, -0.15) is 0 Å². The maximum absolute atomic E-state index is 11.8. The number of hydrogen-bond acceptors (Lipinski definition) is 4. The van der Waals surface area contributed by atoms with Gasteiger partial charge in [-0.3, -0.25) is 4.79 Å². The molecular weight excluding hydrogens is 288 g/mol. The zero-order valence-corrected chi connectivity index (χ0v) is 10.6. The fourth-order valence-corrected chi connectivity index (χ4v) is 2.12. The minimum Gasteiger partial charge on any atom is -0.394 e. The van der Waals surface area contributed by atoms with Gasteiger partial charge >= 0.3 is 0 Å². The van der Waals surface area contributed by atoms with Crippen LogP contribution in [0.3, 0.4) is 0 Å². The Hall–Kier alpha value is -1.11. The number of aliphatic hydroxyl groups excluding tert-OH is 2. The lowest BCUT2D eigenvalue weighted by Gasteiger charge is -2.31. The number of halogens is 1. The van der Waals surface area contributed by atoms with Gasteiger partial charge in [0.2, 0.25) is 5.91 Å². The molecule has 1 aromatic carbocycles. The molecule has 0 radical (unpaired) electrons. The quantitative estimate of drug-likeness (QED) is 0.763. The zero-order valence-electron chi connectivity index (χ0n) is 9.06. The van der Waals surface area contributed by atoms with Crippen molar-refractivity contribution < 1.29 is 15.0 Å². The van der Waals surface area contributed by atoms with E-state index in [0.717, 1.165) is 15.8 Å². The molecule has 0 aliphatic carbocycles. The highest BCUT2D eigenvalue weighted by Crippen LogP contribution is 2.32. The monoisotopic (exact) mass is 300 g/mol. The van der Waals surface area contributed by atoms with Crippen LogP contribution >= 0.6 is 15.9 Å². The van der Waals surface area contributed by atoms with Gasteiger partial charge in [-0.1, -0.05) is 15.9 Å². The first kappa shape index (κ1) is 12.3. The number of β-amino-alcohol motifs (C(OH)–C–C–N with tert-alkyl or cyclic N) is 1. The maximum Gasteiger partial charge on any atom is 0.246 e. The molecule has 3 N–H and O–H groups in total. The van der Waals surface area contributed by atoms with Crippen LogP contribution in [-0.2, 0) is 4.79 Å². The minimum absolute atomic E-state index is 0.103. The number of nitrogens with zero attached hydrogens (tertiary/aromatic N) is 1. The maximum atomic E-state index is 11.8. The molecule has 0 bridgehead atoms. The van der Waals surface area contributed by atoms with E-state index in [1.54, 1.807) is 6.07 Å². The standard InChI is InChI=1S/C11H13BrN2O3/c12-7-1-2-10-9(3-7)13-4-11(17)14(10)5-8(16)6-15/h1-3,8,13,15-16H,4-6H2. The molecule has 1 amide bonds. The van der Waals surface area contributed by atoms with Gasteiger partial charge in [0.05, 0.1) is 37.2 Å². The van der Waals surface area contributed by atoms with Gasteiger partial charge in [0.25, 0.3) is 0 Å². The first-order valence-corrected chi connectivity index (χ1v) is 6.04. The number of rotatable bonds is 3. The van der Waals surface area contributed by atoms with Crippen LogP contribution in [0.15, 0.2) is 22.7 Å². The first-order valence-electron chi connectivity index (χ1n) is 5.24. The molecule has 92 valence electrons. The number of carbonyl (C=O) groups is 1. The highest BCUT2D eigenvalue weighted by molar-refractivity contribution is 9.10. The summed E-state index contributed by atoms with van der Waals surface area (Å²) in [5.74, 6) is -0.118. The molecule has 1 unspecified atom stereocenters. The van der Waals surface area contributed by atoms with Crippen LogP contribution in [0.2, 0.25) is 0 Å². The average Bonchev–Trinajstić information content (AvgIpc) is 2.32. The molecule has 0 aromatic heterocycles. The SMILES string of the molecule is O=C1CNc2cc(Br)ccc2N1CC(O)CO. The normalized spacial score (nSPS) is 16.4. The topological polar surface area (TPSA) is 72.8 Å². The van der Waals surface area contributed by atoms with Crippen LogP contribution < -0.4 is 10.2 Å². The van der Waals surface area contributed by atoms with Gasteiger partial charge in [-0.25, -0.2) is 0 Å². The third-order valence-electron chi connectivity index (χ3n) is 2.58. The second-order valence-corrected chi connectivity index (χ2v) is 4.77. The summed E-state index contributed by atoms with van der Waals surface area (Å²) in [5.41, 5.74) is 1.56. The summed E-state index contributed by atoms with van der Waals surface area (Å²) < 4.78 is 0.917. The van der Waals surface area contributed by atoms with E-state index in [1.807, 2.05) is 12.1 Å². The molecular formula is C11H13BrN2O3. The van der Waals surface area contributed by atoms with E-state index in [2.05, 4.69) is 21.2 Å². The number of hydrogen-bond donors (Lipinski definition) is 3. The number of anilines is 2. The number of aliphatic hydroxyl groups is 2. The highest BCUT2D eigenvalue weighted by Gasteiger charge is 2.25. The molecule has 2 rings (SSSR count). The molecule has 0 saturated heterocycles. The molecule has 1 heterocycles. The van der Waals surface area contributed by atoms with E-state index in [1.165, 1.54) is 4.90 Å². The number of benzene rings is 1. The van der Waals surface area contributed by atoms with E-state index in [-0.39, 0.29) is 25.6 Å². The summed E-state index contributed by atoms with van der Waals surface area (Å²) in [5, 5.41) is 21.3. The number of amides is 1. The molecule has 0 spiro atoms. The van der Waals surface area contributed by atoms with Crippen molar-refractivity contribution in [1.29, 1.82) is 0 Å². The third-order valence-corrected chi connectivity index (χ3v) is 3.08. The minimum atomic E-state index is -0.923. The zero-order chi connectivity index (χ0) is 12.4. The Morgan fingerprint density at radius 2 is 2.29 bits per heavy atom. The lowest BCUT2D eigenvalue weighted by Crippen LogP contribution is -2.44. The van der Waals surface area contributed by atoms with Gasteiger partial charge in [0.15, 0.2) is 0 Å². The Morgan fingerprint density at radius 3 is 3.00 bits per heavy atom. The molecule has 1 aromatic rings. The van der Waals surface area contributed by atoms with E-state index >= 15 is 0 Å². The Kier molecular flexibility index (Phi) is 3.66. The summed E-state index contributed by atoms with van der Waals surface area (Å²) >= 11 is 3.36. The van der Waals surface area contributed by atoms with E-state index in [9.17, 15) is 9.90 Å². The Balaban J connectivity index is 2.30. The molecule has 1 aliphatic heterocycles. The van der Waals surface area contributed by atoms with Crippen LogP contribution in [0.5, 0.6) is 0 Å². The second kappa shape index (κ2) is 5.03. The highest BCUT2D eigenvalue weighted by atomic mass is 79.9. The Morgan fingerprint density at radius 1 is 1.53 bits per heavy atom. The summed E-state index contributed by atoms with van der Waals surface area (Å²) in [7, 11) is 0. The van der Waals surface area contributed by atoms with Gasteiger partial charge in [0, 0.05) is 4.47 Å². The van der Waals surface area contributed by atoms with Crippen LogP contribution in [0.25, 0.3) is 0 Å². The Bertz CT molecular complexity index is 439. The smallest absolute Gasteiger partial charge is 0.246 e. The summed E-state index contributed by atoms with van der Waals surface area (Å²) in [6, 6.07) is 5.51. The van der Waals surface area contributed by atoms with Crippen molar-refractivity contribution >= 4 is 33.2 Å². The summed E-state index contributed by atoms with van der Waals surface area (Å²) in [4.78, 5) is 13.2. The van der Waals surface area contributed by atoms with Gasteiger partial charge in [0.1, 0.15) is 0 Å². The van der Waals surface area contributed by atoms with Gasteiger partial charge in [-0.15, -0.1) is 0 Å². The fourth-order valence-electron chi connectivity index (χ4n) is 1.75. The number of nitrogens with one attached hydrogen (secondary N) is 1. The third kappa shape index (κ3) is 2.59. The summed E-state index contributed by atoms with van der Waals surface area (Å²) in [6.07, 6.45) is -0.923. The molecule has 6 heteroatoms. The van der Waals surface area contributed by atoms with Crippen molar-refractivity contribution in [3.63, 3.8) is 0 Å². The number of fused-ring (bicyclic) bond motifs is 1. The average molecular weight is 301 g/mol. The van der Waals surface area contributed by atoms with Crippen molar-refractivity contribution in [3.05, 3.63) is 22.7 Å². The van der Waals surface area contributed by atoms with Crippen LogP contribution in [-0.4, -0.2) is 41.9 Å². The molecule has 5 nitrogen and oxygen atoms in total. The lowest BCUT2D eigenvalue weighted by atomic mass is 10.1. The largest absolute Gasteiger partial charge is 0.394 e. The van der Waals surface area contributed by atoms with E-state index in [0.29, 0.717) is 0 Å². The second-order valence-electron chi connectivity index (χ2n) is 3.86. The molecule has 0 saturated carbocycles. The lowest BCUT2D eigenvalue weighted by molar-refractivity contribution is -0.117. The fraction of sp³-hybridized carbons (Fsp3) is 0.364. The predicted octanol–water partition coefficient (Wildman–Crippen LogP) is 0.561. The van der Waals surface area contributed by atoms with Crippen LogP contribution in [0, 0.1) is 0 Å². The van der Waals surface area contributed by atoms with E-state index in [4.69, 9.17) is 5.11 Å². The predicted molar refractivity (Wildman–Crippen MR) is 68.1 cm³/mol. The van der Waals surface area contributed by atoms with Crippen molar-refractivity contribution in [2.75, 3.05) is 29.9 Å². The van der Waals surface area contributed by atoms with Crippen molar-refractivity contribution in [2.24, 2.45) is 0 Å². The van der Waals surface area contributed by atoms with Crippen LogP contribution in [0.1, 0.15) is 0 Å². The summed E-state index contributed by atoms with van der Waals surface area (Å²) in [6.45, 7) is -0.0592.